The third-order valence-corrected chi connectivity index (χ3v) is 4.03. The lowest BCUT2D eigenvalue weighted by molar-refractivity contribution is -0.132. The van der Waals surface area contributed by atoms with Gasteiger partial charge >= 0.3 is 0 Å². The van der Waals surface area contributed by atoms with E-state index in [9.17, 15) is 4.79 Å². The molecule has 1 saturated carbocycles. The number of nitrogens with one attached hydrogen (secondary N) is 1. The third-order valence-electron chi connectivity index (χ3n) is 4.03. The molecule has 0 bridgehead atoms. The lowest BCUT2D eigenvalue weighted by Crippen LogP contribution is -2.41. The van der Waals surface area contributed by atoms with Crippen LogP contribution < -0.4 is 0 Å². The number of para-hydroxylation sites is 1. The zero-order valence-corrected chi connectivity index (χ0v) is 10.6. The van der Waals surface area contributed by atoms with Gasteiger partial charge in [-0.1, -0.05) is 18.2 Å². The fraction of sp³-hybridized carbons (Fsp3) is 0.400. The van der Waals surface area contributed by atoms with Gasteiger partial charge in [-0.25, -0.2) is 0 Å². The topological polar surface area (TPSA) is 36.1 Å². The highest BCUT2D eigenvalue weighted by Crippen LogP contribution is 2.25. The van der Waals surface area contributed by atoms with E-state index in [0.717, 1.165) is 29.3 Å². The molecule has 0 radical (unpaired) electrons. The molecule has 0 atom stereocenters. The highest BCUT2D eigenvalue weighted by Gasteiger charge is 2.25. The van der Waals surface area contributed by atoms with Gasteiger partial charge in [0.1, 0.15) is 0 Å². The first kappa shape index (κ1) is 11.3. The normalized spacial score (nSPS) is 15.6. The van der Waals surface area contributed by atoms with Crippen LogP contribution >= 0.6 is 0 Å². The van der Waals surface area contributed by atoms with E-state index < -0.39 is 0 Å². The van der Waals surface area contributed by atoms with Crippen molar-refractivity contribution < 1.29 is 4.79 Å². The molecule has 1 heterocycles. The van der Waals surface area contributed by atoms with Gasteiger partial charge in [-0.15, -0.1) is 0 Å². The van der Waals surface area contributed by atoms with Gasteiger partial charge in [-0.05, 0) is 30.9 Å². The first-order chi connectivity index (χ1) is 8.75. The number of carbonyl (C=O) groups is 1. The molecule has 3 heteroatoms. The molecule has 1 N–H and O–H groups in total. The average molecular weight is 242 g/mol. The molecule has 1 fully saturated rings. The van der Waals surface area contributed by atoms with Gasteiger partial charge < -0.3 is 9.88 Å². The summed E-state index contributed by atoms with van der Waals surface area (Å²) in [5.74, 6) is 0.226. The summed E-state index contributed by atoms with van der Waals surface area (Å²) in [6.45, 7) is 0. The number of H-pyrrole nitrogens is 1. The van der Waals surface area contributed by atoms with Gasteiger partial charge in [-0.2, -0.15) is 0 Å². The minimum absolute atomic E-state index is 0.226. The van der Waals surface area contributed by atoms with Gasteiger partial charge in [0.05, 0.1) is 6.42 Å². The van der Waals surface area contributed by atoms with Crippen LogP contribution in [0.5, 0.6) is 0 Å². The lowest BCUT2D eigenvalue weighted by Gasteiger charge is -2.34. The van der Waals surface area contributed by atoms with E-state index in [1.165, 1.54) is 6.42 Å². The minimum Gasteiger partial charge on any atom is -0.361 e. The van der Waals surface area contributed by atoms with Crippen molar-refractivity contribution in [2.45, 2.75) is 31.7 Å². The van der Waals surface area contributed by atoms with E-state index in [4.69, 9.17) is 0 Å². The van der Waals surface area contributed by atoms with E-state index >= 15 is 0 Å². The molecule has 0 unspecified atom stereocenters. The largest absolute Gasteiger partial charge is 0.361 e. The van der Waals surface area contributed by atoms with Crippen molar-refractivity contribution in [1.82, 2.24) is 9.88 Å². The molecule has 1 aliphatic rings. The number of nitrogens with zero attached hydrogens (tertiary/aromatic N) is 1. The van der Waals surface area contributed by atoms with E-state index in [-0.39, 0.29) is 5.91 Å². The van der Waals surface area contributed by atoms with Crippen molar-refractivity contribution in [3.8, 4) is 0 Å². The van der Waals surface area contributed by atoms with Crippen LogP contribution in [0.25, 0.3) is 10.9 Å². The second kappa shape index (κ2) is 4.48. The van der Waals surface area contributed by atoms with Crippen LogP contribution in [0.2, 0.25) is 0 Å². The van der Waals surface area contributed by atoms with Crippen LogP contribution in [-0.4, -0.2) is 28.9 Å². The predicted octanol–water partition coefficient (Wildman–Crippen LogP) is 2.72. The summed E-state index contributed by atoms with van der Waals surface area (Å²) >= 11 is 0. The van der Waals surface area contributed by atoms with Gasteiger partial charge in [0.2, 0.25) is 5.91 Å². The number of fused-ring (bicyclic) bond motifs is 1. The molecular weight excluding hydrogens is 224 g/mol. The van der Waals surface area contributed by atoms with Crippen molar-refractivity contribution in [1.29, 1.82) is 0 Å². The number of hydrogen-bond donors (Lipinski definition) is 1. The summed E-state index contributed by atoms with van der Waals surface area (Å²) in [5, 5.41) is 1.16. The monoisotopic (exact) mass is 242 g/mol. The Morgan fingerprint density at radius 2 is 2.17 bits per heavy atom. The number of likely N-dealkylation sites (N-methyl/N-ethyl adjacent to an activating group) is 1. The number of carbonyl (C=O) groups excluding carboxylic acids is 1. The maximum Gasteiger partial charge on any atom is 0.227 e. The Morgan fingerprint density at radius 1 is 1.39 bits per heavy atom. The number of rotatable bonds is 3. The summed E-state index contributed by atoms with van der Waals surface area (Å²) in [6.07, 6.45) is 6.04. The van der Waals surface area contributed by atoms with Gasteiger partial charge in [0.25, 0.3) is 0 Å². The molecular formula is C15H18N2O. The second-order valence-electron chi connectivity index (χ2n) is 5.13. The molecule has 18 heavy (non-hydrogen) atoms. The molecule has 0 saturated heterocycles. The van der Waals surface area contributed by atoms with Crippen molar-refractivity contribution in [2.24, 2.45) is 0 Å². The fourth-order valence-electron chi connectivity index (χ4n) is 2.54. The molecule has 1 aromatic carbocycles. The van der Waals surface area contributed by atoms with Crippen LogP contribution in [0.4, 0.5) is 0 Å². The molecule has 3 nitrogen and oxygen atoms in total. The molecule has 94 valence electrons. The van der Waals surface area contributed by atoms with E-state index in [1.54, 1.807) is 0 Å². The first-order valence-electron chi connectivity index (χ1n) is 6.56. The Bertz CT molecular complexity index is 569. The zero-order valence-electron chi connectivity index (χ0n) is 10.6. The smallest absolute Gasteiger partial charge is 0.227 e. The minimum atomic E-state index is 0.226. The summed E-state index contributed by atoms with van der Waals surface area (Å²) in [7, 11) is 1.93. The second-order valence-corrected chi connectivity index (χ2v) is 5.13. The standard InChI is InChI=1S/C15H18N2O/c1-17(12-5-4-6-12)15(18)9-11-10-16-14-8-3-2-7-13(11)14/h2-3,7-8,10,12,16H,4-6,9H2,1H3. The van der Waals surface area contributed by atoms with Crippen molar-refractivity contribution in [3.05, 3.63) is 36.0 Å². The quantitative estimate of drug-likeness (QED) is 0.882. The number of benzene rings is 1. The predicted molar refractivity (Wildman–Crippen MR) is 72.4 cm³/mol. The van der Waals surface area contributed by atoms with Crippen LogP contribution in [-0.2, 0) is 11.2 Å². The summed E-state index contributed by atoms with van der Waals surface area (Å²) in [5.41, 5.74) is 2.20. The Morgan fingerprint density at radius 3 is 2.89 bits per heavy atom. The van der Waals surface area contributed by atoms with Crippen molar-refractivity contribution >= 4 is 16.8 Å². The summed E-state index contributed by atoms with van der Waals surface area (Å²) in [4.78, 5) is 17.3. The van der Waals surface area contributed by atoms with Crippen LogP contribution in [0.3, 0.4) is 0 Å². The third kappa shape index (κ3) is 1.90. The van der Waals surface area contributed by atoms with Crippen molar-refractivity contribution in [3.63, 3.8) is 0 Å². The SMILES string of the molecule is CN(C(=O)Cc1c[nH]c2ccccc12)C1CCC1. The Kier molecular flexibility index (Phi) is 2.82. The van der Waals surface area contributed by atoms with E-state index in [0.29, 0.717) is 12.5 Å². The lowest BCUT2D eigenvalue weighted by atomic mass is 9.91. The average Bonchev–Trinajstić information content (AvgIpc) is 2.70. The van der Waals surface area contributed by atoms with Gasteiger partial charge in [0, 0.05) is 30.2 Å². The Labute approximate surface area is 107 Å². The molecule has 1 aliphatic carbocycles. The molecule has 3 rings (SSSR count). The molecule has 1 aromatic heterocycles. The van der Waals surface area contributed by atoms with E-state index in [2.05, 4.69) is 11.1 Å². The van der Waals surface area contributed by atoms with Gasteiger partial charge in [-0.3, -0.25) is 4.79 Å². The maximum absolute atomic E-state index is 12.2. The highest BCUT2D eigenvalue weighted by atomic mass is 16.2. The number of amides is 1. The van der Waals surface area contributed by atoms with Crippen molar-refractivity contribution in [2.75, 3.05) is 7.05 Å². The number of aromatic amines is 1. The summed E-state index contributed by atoms with van der Waals surface area (Å²) < 4.78 is 0. The molecule has 0 spiro atoms. The maximum atomic E-state index is 12.2. The summed E-state index contributed by atoms with van der Waals surface area (Å²) in [6, 6.07) is 8.60. The van der Waals surface area contributed by atoms with Crippen LogP contribution in [0.15, 0.2) is 30.5 Å². The molecule has 1 amide bonds. The first-order valence-corrected chi connectivity index (χ1v) is 6.56. The molecule has 0 aliphatic heterocycles. The van der Waals surface area contributed by atoms with Gasteiger partial charge in [0.15, 0.2) is 0 Å². The number of aromatic nitrogens is 1. The molecule has 2 aromatic rings. The fourth-order valence-corrected chi connectivity index (χ4v) is 2.54. The van der Waals surface area contributed by atoms with Crippen LogP contribution in [0, 0.1) is 0 Å². The zero-order chi connectivity index (χ0) is 12.5. The Balaban J connectivity index is 1.77. The van der Waals surface area contributed by atoms with Crippen LogP contribution in [0.1, 0.15) is 24.8 Å². The number of hydrogen-bond acceptors (Lipinski definition) is 1. The highest BCUT2D eigenvalue weighted by molar-refractivity contribution is 5.88. The Hall–Kier alpha value is -1.77. The van der Waals surface area contributed by atoms with E-state index in [1.807, 2.05) is 36.3 Å².